The van der Waals surface area contributed by atoms with Crippen LogP contribution in [0, 0.1) is 13.8 Å². The van der Waals surface area contributed by atoms with Gasteiger partial charge in [-0.1, -0.05) is 72.8 Å². The van der Waals surface area contributed by atoms with Crippen LogP contribution in [0.25, 0.3) is 44.1 Å². The van der Waals surface area contributed by atoms with Gasteiger partial charge in [0.05, 0.1) is 34.4 Å². The maximum atomic E-state index is 13.0. The van der Waals surface area contributed by atoms with Crippen molar-refractivity contribution in [1.82, 2.24) is 9.97 Å². The van der Waals surface area contributed by atoms with Crippen LogP contribution in [0.15, 0.2) is 82.6 Å². The summed E-state index contributed by atoms with van der Waals surface area (Å²) in [5, 5.41) is 0.899. The number of aryl methyl sites for hydroxylation is 2. The summed E-state index contributed by atoms with van der Waals surface area (Å²) >= 11 is 0. The molecule has 5 rings (SSSR count). The van der Waals surface area contributed by atoms with Crippen molar-refractivity contribution < 1.29 is 60.6 Å². The summed E-state index contributed by atoms with van der Waals surface area (Å²) in [5.74, 6) is 0. The third kappa shape index (κ3) is 5.37. The molecular weight excluding hydrogens is 551 g/mol. The zero-order valence-corrected chi connectivity index (χ0v) is 25.2. The van der Waals surface area contributed by atoms with E-state index in [4.69, 9.17) is 4.18 Å². The van der Waals surface area contributed by atoms with Gasteiger partial charge in [0.25, 0.3) is 10.1 Å². The van der Waals surface area contributed by atoms with Gasteiger partial charge in [-0.25, -0.2) is 18.4 Å². The topological polar surface area (TPSA) is 158 Å². The fraction of sp³-hybridized carbons (Fsp3) is 0.111. The molecule has 196 valence electrons. The summed E-state index contributed by atoms with van der Waals surface area (Å²) in [6.07, 6.45) is 0. The SMILES string of the molecule is COS(=O)(=O)c1c(C)nc2c(ccc3c(-c4ccccc4)c(S(=O)(=O)[O-])c(C)nc32)c1-c1ccccc1.O.[Na+]. The van der Waals surface area contributed by atoms with E-state index in [0.717, 1.165) is 7.11 Å². The Balaban J connectivity index is 0.00000210. The van der Waals surface area contributed by atoms with Crippen LogP contribution < -0.4 is 29.6 Å². The van der Waals surface area contributed by atoms with Crippen LogP contribution in [0.4, 0.5) is 0 Å². The molecule has 12 heteroatoms. The van der Waals surface area contributed by atoms with Crippen LogP contribution in [0.3, 0.4) is 0 Å². The minimum Gasteiger partial charge on any atom is -0.744 e. The quantitative estimate of drug-likeness (QED) is 0.131. The third-order valence-corrected chi connectivity index (χ3v) is 8.64. The molecule has 0 saturated carbocycles. The van der Waals surface area contributed by atoms with Gasteiger partial charge < -0.3 is 10.0 Å². The first kappa shape index (κ1) is 30.8. The van der Waals surface area contributed by atoms with Crippen LogP contribution >= 0.6 is 0 Å². The number of pyridine rings is 2. The molecule has 5 aromatic rings. The fourth-order valence-electron chi connectivity index (χ4n) is 4.73. The van der Waals surface area contributed by atoms with Crippen molar-refractivity contribution in [3.8, 4) is 22.3 Å². The van der Waals surface area contributed by atoms with Crippen molar-refractivity contribution in [2.24, 2.45) is 0 Å². The van der Waals surface area contributed by atoms with Crippen LogP contribution in [-0.2, 0) is 24.4 Å². The standard InChI is InChI=1S/C27H22N2O6S2.Na.H2O/c1-16-26(36(30,31)32)22(18-10-6-4-7-11-18)20-14-15-21-23(19-12-8-5-9-13-19)27(37(33,34)35-3)17(2)29-25(21)24(20)28-16;;/h4-15H,1-3H3,(H,30,31,32);;1H2/q;+1;/p-1. The van der Waals surface area contributed by atoms with Crippen molar-refractivity contribution in [1.29, 1.82) is 0 Å². The van der Waals surface area contributed by atoms with Crippen LogP contribution in [-0.4, -0.2) is 43.9 Å². The molecule has 0 aliphatic rings. The smallest absolute Gasteiger partial charge is 0.744 e. The van der Waals surface area contributed by atoms with E-state index in [0.29, 0.717) is 38.5 Å². The van der Waals surface area contributed by atoms with Gasteiger partial charge in [0.15, 0.2) is 0 Å². The Bertz CT molecular complexity index is 1920. The molecule has 0 aliphatic carbocycles. The Morgan fingerprint density at radius 1 is 0.667 bits per heavy atom. The summed E-state index contributed by atoms with van der Waals surface area (Å²) in [7, 11) is -7.92. The summed E-state index contributed by atoms with van der Waals surface area (Å²) in [6, 6.07) is 21.0. The van der Waals surface area contributed by atoms with Crippen molar-refractivity contribution in [2.75, 3.05) is 7.11 Å². The summed E-state index contributed by atoms with van der Waals surface area (Å²) in [5.41, 5.74) is 2.74. The molecule has 0 saturated heterocycles. The maximum Gasteiger partial charge on any atom is 1.00 e. The molecule has 0 atom stereocenters. The third-order valence-electron chi connectivity index (χ3n) is 6.20. The molecule has 0 unspecified atom stereocenters. The summed E-state index contributed by atoms with van der Waals surface area (Å²) in [4.78, 5) is 8.68. The van der Waals surface area contributed by atoms with Gasteiger partial charge in [-0.2, -0.15) is 8.42 Å². The maximum absolute atomic E-state index is 13.0. The molecule has 0 spiro atoms. The number of nitrogens with zero attached hydrogens (tertiary/aromatic N) is 2. The van der Waals surface area contributed by atoms with Gasteiger partial charge in [0.1, 0.15) is 15.0 Å². The predicted molar refractivity (Wildman–Crippen MR) is 143 cm³/mol. The first-order valence-electron chi connectivity index (χ1n) is 11.2. The van der Waals surface area contributed by atoms with Crippen LogP contribution in [0.2, 0.25) is 0 Å². The zero-order chi connectivity index (χ0) is 26.5. The van der Waals surface area contributed by atoms with Crippen molar-refractivity contribution in [3.05, 3.63) is 84.2 Å². The Kier molecular flexibility index (Phi) is 9.00. The van der Waals surface area contributed by atoms with E-state index in [-0.39, 0.29) is 56.9 Å². The first-order valence-corrected chi connectivity index (χ1v) is 14.0. The van der Waals surface area contributed by atoms with E-state index in [1.807, 2.05) is 6.07 Å². The molecule has 2 aromatic heterocycles. The molecule has 0 radical (unpaired) electrons. The Hall–Kier alpha value is -2.74. The van der Waals surface area contributed by atoms with E-state index in [9.17, 15) is 21.4 Å². The first-order chi connectivity index (χ1) is 17.5. The summed E-state index contributed by atoms with van der Waals surface area (Å²) in [6.45, 7) is 3.03. The molecule has 0 amide bonds. The zero-order valence-electron chi connectivity index (χ0n) is 21.6. The van der Waals surface area contributed by atoms with Gasteiger partial charge in [0, 0.05) is 21.9 Å². The second kappa shape index (κ2) is 11.4. The monoisotopic (exact) mass is 574 g/mol. The normalized spacial score (nSPS) is 11.7. The number of hydrogen-bond donors (Lipinski definition) is 0. The van der Waals surface area contributed by atoms with Crippen molar-refractivity contribution >= 4 is 42.0 Å². The van der Waals surface area contributed by atoms with Crippen LogP contribution in [0.1, 0.15) is 11.4 Å². The molecule has 3 aromatic carbocycles. The van der Waals surface area contributed by atoms with Gasteiger partial charge >= 0.3 is 29.6 Å². The molecule has 0 bridgehead atoms. The van der Waals surface area contributed by atoms with E-state index < -0.39 is 25.1 Å². The second-order valence-electron chi connectivity index (χ2n) is 8.47. The van der Waals surface area contributed by atoms with Gasteiger partial charge in [-0.05, 0) is 25.0 Å². The fourth-order valence-corrected chi connectivity index (χ4v) is 6.67. The average molecular weight is 575 g/mol. The number of aromatic nitrogens is 2. The molecule has 2 N–H and O–H groups in total. The van der Waals surface area contributed by atoms with Gasteiger partial charge in [0.2, 0.25) is 0 Å². The Morgan fingerprint density at radius 2 is 1.05 bits per heavy atom. The minimum atomic E-state index is -4.87. The van der Waals surface area contributed by atoms with Crippen molar-refractivity contribution in [2.45, 2.75) is 23.6 Å². The molecule has 9 nitrogen and oxygen atoms in total. The number of fused-ring (bicyclic) bond motifs is 3. The van der Waals surface area contributed by atoms with E-state index >= 15 is 0 Å². The van der Waals surface area contributed by atoms with Crippen LogP contribution in [0.5, 0.6) is 0 Å². The summed E-state index contributed by atoms with van der Waals surface area (Å²) < 4.78 is 67.9. The number of rotatable bonds is 5. The molecular formula is C27H23N2NaO7S2. The van der Waals surface area contributed by atoms with Crippen molar-refractivity contribution in [3.63, 3.8) is 0 Å². The largest absolute Gasteiger partial charge is 1.00 e. The predicted octanol–water partition coefficient (Wildman–Crippen LogP) is 1.15. The van der Waals surface area contributed by atoms with E-state index in [1.54, 1.807) is 73.7 Å². The molecule has 0 aliphatic heterocycles. The van der Waals surface area contributed by atoms with E-state index in [1.165, 1.54) is 6.92 Å². The number of hydrogen-bond acceptors (Lipinski definition) is 8. The minimum absolute atomic E-state index is 0. The van der Waals surface area contributed by atoms with Gasteiger partial charge in [-0.3, -0.25) is 4.18 Å². The Morgan fingerprint density at radius 3 is 1.44 bits per heavy atom. The molecule has 2 heterocycles. The average Bonchev–Trinajstić information content (AvgIpc) is 2.87. The Labute approximate surface area is 248 Å². The van der Waals surface area contributed by atoms with Gasteiger partial charge in [-0.15, -0.1) is 0 Å². The second-order valence-corrected chi connectivity index (χ2v) is 11.4. The molecule has 39 heavy (non-hydrogen) atoms. The molecule has 0 fully saturated rings. The number of benzene rings is 3. The van der Waals surface area contributed by atoms with E-state index in [2.05, 4.69) is 9.97 Å².